The molecule has 0 fully saturated rings. The van der Waals surface area contributed by atoms with Gasteiger partial charge in [-0.3, -0.25) is 9.59 Å². The van der Waals surface area contributed by atoms with Gasteiger partial charge in [0, 0.05) is 37.2 Å². The number of nitrogens with one attached hydrogen (secondary N) is 2. The van der Waals surface area contributed by atoms with Crippen molar-refractivity contribution >= 4 is 23.2 Å². The number of methoxy groups -OCH3 is 1. The Morgan fingerprint density at radius 2 is 1.88 bits per heavy atom. The first-order valence-corrected chi connectivity index (χ1v) is 8.10. The van der Waals surface area contributed by atoms with Gasteiger partial charge in [0.1, 0.15) is 0 Å². The number of amides is 2. The lowest BCUT2D eigenvalue weighted by Crippen LogP contribution is -2.25. The number of ether oxygens (including phenoxy) is 1. The monoisotopic (exact) mass is 341 g/mol. The van der Waals surface area contributed by atoms with Gasteiger partial charge in [0.2, 0.25) is 5.91 Å². The van der Waals surface area contributed by atoms with Crippen molar-refractivity contribution in [3.05, 3.63) is 59.7 Å². The fourth-order valence-electron chi connectivity index (χ4n) is 2.28. The summed E-state index contributed by atoms with van der Waals surface area (Å²) in [7, 11) is 1.62. The van der Waals surface area contributed by atoms with Crippen LogP contribution in [0.1, 0.15) is 22.3 Å². The highest BCUT2D eigenvalue weighted by Crippen LogP contribution is 2.12. The second-order valence-corrected chi connectivity index (χ2v) is 5.65. The molecular weight excluding hydrogens is 318 g/mol. The fraction of sp³-hybridized carbons (Fsp3) is 0.263. The number of anilines is 2. The number of rotatable bonds is 8. The zero-order chi connectivity index (χ0) is 18.1. The summed E-state index contributed by atoms with van der Waals surface area (Å²) >= 11 is 0. The maximum absolute atomic E-state index is 12.1. The first-order valence-electron chi connectivity index (χ1n) is 8.10. The average Bonchev–Trinajstić information content (AvgIpc) is 2.61. The molecular formula is C19H23N3O3. The van der Waals surface area contributed by atoms with Crippen LogP contribution in [0.3, 0.4) is 0 Å². The van der Waals surface area contributed by atoms with Crippen LogP contribution >= 0.6 is 0 Å². The number of hydrogen-bond donors (Lipinski definition) is 3. The van der Waals surface area contributed by atoms with Gasteiger partial charge >= 0.3 is 0 Å². The van der Waals surface area contributed by atoms with Crippen molar-refractivity contribution in [3.8, 4) is 0 Å². The molecule has 0 saturated heterocycles. The Hall–Kier alpha value is -2.86. The Morgan fingerprint density at radius 1 is 1.12 bits per heavy atom. The average molecular weight is 341 g/mol. The molecule has 0 bridgehead atoms. The SMILES string of the molecule is COCCCNC(=O)c1cccc(NC(=O)Cc2ccc(N)cc2)c1. The molecule has 0 spiro atoms. The van der Waals surface area contributed by atoms with Gasteiger partial charge in [-0.1, -0.05) is 18.2 Å². The molecule has 0 heterocycles. The minimum atomic E-state index is -0.175. The third-order valence-electron chi connectivity index (χ3n) is 3.56. The zero-order valence-corrected chi connectivity index (χ0v) is 14.2. The van der Waals surface area contributed by atoms with Gasteiger partial charge in [-0.25, -0.2) is 0 Å². The third kappa shape index (κ3) is 6.27. The molecule has 132 valence electrons. The van der Waals surface area contributed by atoms with Crippen molar-refractivity contribution in [3.63, 3.8) is 0 Å². The van der Waals surface area contributed by atoms with Gasteiger partial charge in [0.25, 0.3) is 5.91 Å². The standard InChI is InChI=1S/C19H23N3O3/c1-25-11-3-10-21-19(24)15-4-2-5-17(13-15)22-18(23)12-14-6-8-16(20)9-7-14/h2,4-9,13H,3,10-12,20H2,1H3,(H,21,24)(H,22,23). The predicted molar refractivity (Wildman–Crippen MR) is 98.5 cm³/mol. The van der Waals surface area contributed by atoms with E-state index in [1.54, 1.807) is 43.5 Å². The number of carbonyl (C=O) groups is 2. The van der Waals surface area contributed by atoms with Crippen LogP contribution in [0.2, 0.25) is 0 Å². The third-order valence-corrected chi connectivity index (χ3v) is 3.56. The Kier molecular flexibility index (Phi) is 6.98. The normalized spacial score (nSPS) is 10.3. The lowest BCUT2D eigenvalue weighted by atomic mass is 10.1. The summed E-state index contributed by atoms with van der Waals surface area (Å²) in [6.45, 7) is 1.14. The maximum Gasteiger partial charge on any atom is 0.251 e. The highest BCUT2D eigenvalue weighted by atomic mass is 16.5. The van der Waals surface area contributed by atoms with Gasteiger partial charge in [-0.05, 0) is 42.3 Å². The molecule has 0 unspecified atom stereocenters. The van der Waals surface area contributed by atoms with Crippen molar-refractivity contribution in [1.82, 2.24) is 5.32 Å². The summed E-state index contributed by atoms with van der Waals surface area (Å²) in [4.78, 5) is 24.2. The van der Waals surface area contributed by atoms with Gasteiger partial charge in [0.15, 0.2) is 0 Å². The van der Waals surface area contributed by atoms with E-state index in [2.05, 4.69) is 10.6 Å². The molecule has 2 aromatic carbocycles. The minimum absolute atomic E-state index is 0.151. The van der Waals surface area contributed by atoms with E-state index >= 15 is 0 Å². The van der Waals surface area contributed by atoms with Crippen molar-refractivity contribution < 1.29 is 14.3 Å². The van der Waals surface area contributed by atoms with Gasteiger partial charge < -0.3 is 21.1 Å². The summed E-state index contributed by atoms with van der Waals surface area (Å²) < 4.78 is 4.94. The molecule has 2 rings (SSSR count). The fourth-order valence-corrected chi connectivity index (χ4v) is 2.28. The smallest absolute Gasteiger partial charge is 0.251 e. The highest BCUT2D eigenvalue weighted by molar-refractivity contribution is 5.97. The van der Waals surface area contributed by atoms with Gasteiger partial charge in [-0.2, -0.15) is 0 Å². The number of nitrogen functional groups attached to an aromatic ring is 1. The molecule has 2 aromatic rings. The van der Waals surface area contributed by atoms with Crippen LogP contribution < -0.4 is 16.4 Å². The topological polar surface area (TPSA) is 93.5 Å². The van der Waals surface area contributed by atoms with Crippen molar-refractivity contribution in [1.29, 1.82) is 0 Å². The van der Waals surface area contributed by atoms with Crippen molar-refractivity contribution in [2.75, 3.05) is 31.3 Å². The molecule has 0 aliphatic rings. The first-order chi connectivity index (χ1) is 12.1. The summed E-state index contributed by atoms with van der Waals surface area (Å²) in [5, 5.41) is 5.62. The molecule has 6 heteroatoms. The highest BCUT2D eigenvalue weighted by Gasteiger charge is 2.08. The largest absolute Gasteiger partial charge is 0.399 e. The van der Waals surface area contributed by atoms with Crippen LogP contribution in [0.4, 0.5) is 11.4 Å². The number of carbonyl (C=O) groups excluding carboxylic acids is 2. The number of hydrogen-bond acceptors (Lipinski definition) is 4. The summed E-state index contributed by atoms with van der Waals surface area (Å²) in [6.07, 6.45) is 0.994. The lowest BCUT2D eigenvalue weighted by Gasteiger charge is -2.09. The van der Waals surface area contributed by atoms with Crippen LogP contribution in [-0.2, 0) is 16.0 Å². The molecule has 4 N–H and O–H groups in total. The molecule has 2 amide bonds. The molecule has 6 nitrogen and oxygen atoms in total. The van der Waals surface area contributed by atoms with Crippen LogP contribution in [0.25, 0.3) is 0 Å². The predicted octanol–water partition coefficient (Wildman–Crippen LogP) is 2.22. The Balaban J connectivity index is 1.90. The second kappa shape index (κ2) is 9.44. The van der Waals surface area contributed by atoms with Crippen molar-refractivity contribution in [2.45, 2.75) is 12.8 Å². The molecule has 25 heavy (non-hydrogen) atoms. The van der Waals surface area contributed by atoms with Crippen LogP contribution in [0, 0.1) is 0 Å². The van der Waals surface area contributed by atoms with Crippen molar-refractivity contribution in [2.24, 2.45) is 0 Å². The van der Waals surface area contributed by atoms with E-state index in [1.165, 1.54) is 0 Å². The van der Waals surface area contributed by atoms with E-state index < -0.39 is 0 Å². The molecule has 0 aromatic heterocycles. The van der Waals surface area contributed by atoms with Crippen LogP contribution in [-0.4, -0.2) is 32.1 Å². The quantitative estimate of drug-likeness (QED) is 0.507. The van der Waals surface area contributed by atoms with Gasteiger partial charge in [-0.15, -0.1) is 0 Å². The number of benzene rings is 2. The summed E-state index contributed by atoms with van der Waals surface area (Å²) in [5.74, 6) is -0.326. The van der Waals surface area contributed by atoms with Gasteiger partial charge in [0.05, 0.1) is 6.42 Å². The lowest BCUT2D eigenvalue weighted by molar-refractivity contribution is -0.115. The van der Waals surface area contributed by atoms with E-state index in [0.717, 1.165) is 12.0 Å². The molecule has 0 radical (unpaired) electrons. The first kappa shape index (κ1) is 18.5. The second-order valence-electron chi connectivity index (χ2n) is 5.65. The number of nitrogens with two attached hydrogens (primary N) is 1. The van der Waals surface area contributed by atoms with E-state index in [9.17, 15) is 9.59 Å². The minimum Gasteiger partial charge on any atom is -0.399 e. The molecule has 0 saturated carbocycles. The van der Waals surface area contributed by atoms with E-state index in [1.807, 2.05) is 12.1 Å². The van der Waals surface area contributed by atoms with Crippen LogP contribution in [0.5, 0.6) is 0 Å². The van der Waals surface area contributed by atoms with E-state index in [0.29, 0.717) is 30.1 Å². The molecule has 0 atom stereocenters. The Labute approximate surface area is 147 Å². The van der Waals surface area contributed by atoms with E-state index in [4.69, 9.17) is 10.5 Å². The summed E-state index contributed by atoms with van der Waals surface area (Å²) in [6, 6.07) is 14.0. The van der Waals surface area contributed by atoms with E-state index in [-0.39, 0.29) is 18.2 Å². The van der Waals surface area contributed by atoms with Crippen LogP contribution in [0.15, 0.2) is 48.5 Å². The molecule has 0 aliphatic carbocycles. The Morgan fingerprint density at radius 3 is 2.60 bits per heavy atom. The summed E-state index contributed by atoms with van der Waals surface area (Å²) in [5.41, 5.74) is 8.26. The zero-order valence-electron chi connectivity index (χ0n) is 14.2. The molecule has 0 aliphatic heterocycles. The maximum atomic E-state index is 12.1. The Bertz CT molecular complexity index is 714.